The van der Waals surface area contributed by atoms with Gasteiger partial charge in [-0.05, 0) is 82.3 Å². The zero-order valence-electron chi connectivity index (χ0n) is 15.5. The van der Waals surface area contributed by atoms with Gasteiger partial charge in [0, 0.05) is 11.1 Å². The summed E-state index contributed by atoms with van der Waals surface area (Å²) in [4.78, 5) is 16.9. The first-order valence-corrected chi connectivity index (χ1v) is 10.7. The van der Waals surface area contributed by atoms with E-state index in [4.69, 9.17) is 9.72 Å². The Hall–Kier alpha value is -1.54. The largest absolute Gasteiger partial charge is 0.465 e. The molecule has 1 atom stereocenters. The van der Waals surface area contributed by atoms with Gasteiger partial charge in [-0.15, -0.1) is 0 Å². The second-order valence-corrected chi connectivity index (χ2v) is 9.70. The van der Waals surface area contributed by atoms with Crippen molar-refractivity contribution in [2.75, 3.05) is 6.61 Å². The van der Waals surface area contributed by atoms with Gasteiger partial charge in [-0.2, -0.15) is 5.26 Å². The van der Waals surface area contributed by atoms with Crippen LogP contribution in [0, 0.1) is 29.1 Å². The van der Waals surface area contributed by atoms with Crippen LogP contribution in [0.1, 0.15) is 63.6 Å². The van der Waals surface area contributed by atoms with E-state index in [1.807, 2.05) is 19.9 Å². The van der Waals surface area contributed by atoms with Gasteiger partial charge in [-0.3, -0.25) is 4.79 Å². The lowest BCUT2D eigenvalue weighted by molar-refractivity contribution is -0.142. The highest BCUT2D eigenvalue weighted by Crippen LogP contribution is 2.60. The van der Waals surface area contributed by atoms with Gasteiger partial charge in [0.1, 0.15) is 16.3 Å². The van der Waals surface area contributed by atoms with Crippen LogP contribution >= 0.6 is 11.8 Å². The van der Waals surface area contributed by atoms with E-state index < -0.39 is 0 Å². The van der Waals surface area contributed by atoms with Crippen LogP contribution in [0.25, 0.3) is 0 Å². The van der Waals surface area contributed by atoms with Gasteiger partial charge in [0.25, 0.3) is 0 Å². The third-order valence-corrected chi connectivity index (χ3v) is 7.55. The SMILES string of the molecule is CCOC(=O)C(C)Sc1nc(C23CC4CC(CC(C4)C2)C3)ccc1C#N. The number of thioether (sulfide) groups is 1. The normalized spacial score (nSPS) is 32.9. The molecule has 26 heavy (non-hydrogen) atoms. The fraction of sp³-hybridized carbons (Fsp3) is 0.667. The summed E-state index contributed by atoms with van der Waals surface area (Å²) in [5.74, 6) is 2.32. The molecule has 5 heteroatoms. The van der Waals surface area contributed by atoms with Crippen molar-refractivity contribution in [1.29, 1.82) is 5.26 Å². The number of esters is 1. The quantitative estimate of drug-likeness (QED) is 0.565. The van der Waals surface area contributed by atoms with Crippen molar-refractivity contribution >= 4 is 17.7 Å². The molecule has 0 saturated heterocycles. The van der Waals surface area contributed by atoms with Crippen molar-refractivity contribution in [2.45, 2.75) is 68.1 Å². The number of hydrogen-bond donors (Lipinski definition) is 0. The van der Waals surface area contributed by atoms with E-state index in [0.29, 0.717) is 17.2 Å². The summed E-state index contributed by atoms with van der Waals surface area (Å²) in [5.41, 5.74) is 1.90. The maximum absolute atomic E-state index is 12.0. The molecular weight excluding hydrogens is 344 g/mol. The Bertz CT molecular complexity index is 720. The van der Waals surface area contributed by atoms with Crippen molar-refractivity contribution in [2.24, 2.45) is 17.8 Å². The van der Waals surface area contributed by atoms with Crippen LogP contribution in [0.3, 0.4) is 0 Å². The molecule has 4 aliphatic rings. The molecule has 4 aliphatic carbocycles. The minimum Gasteiger partial charge on any atom is -0.465 e. The van der Waals surface area contributed by atoms with Crippen molar-refractivity contribution in [3.8, 4) is 6.07 Å². The predicted molar refractivity (Wildman–Crippen MR) is 101 cm³/mol. The summed E-state index contributed by atoms with van der Waals surface area (Å²) in [6.45, 7) is 4.00. The van der Waals surface area contributed by atoms with E-state index in [2.05, 4.69) is 12.1 Å². The molecule has 1 heterocycles. The number of aromatic nitrogens is 1. The van der Waals surface area contributed by atoms with E-state index in [1.165, 1.54) is 50.3 Å². The predicted octanol–water partition coefficient (Wildman–Crippen LogP) is 4.46. The van der Waals surface area contributed by atoms with Gasteiger partial charge < -0.3 is 4.74 Å². The molecule has 4 fully saturated rings. The van der Waals surface area contributed by atoms with Gasteiger partial charge in [0.15, 0.2) is 0 Å². The van der Waals surface area contributed by atoms with Gasteiger partial charge in [-0.1, -0.05) is 11.8 Å². The molecule has 0 amide bonds. The summed E-state index contributed by atoms with van der Waals surface area (Å²) < 4.78 is 5.11. The number of pyridine rings is 1. The lowest BCUT2D eigenvalue weighted by Gasteiger charge is -2.56. The standard InChI is InChI=1S/C21H26N2O2S/c1-3-25-20(24)13(2)26-19-17(12-22)4-5-18(23-19)21-9-14-6-15(10-21)8-16(7-14)11-21/h4-5,13-16H,3,6-11H2,1-2H3. The van der Waals surface area contributed by atoms with Crippen molar-refractivity contribution in [3.63, 3.8) is 0 Å². The van der Waals surface area contributed by atoms with Crippen LogP contribution in [0.4, 0.5) is 0 Å². The van der Waals surface area contributed by atoms with Gasteiger partial charge >= 0.3 is 5.97 Å². The first-order valence-electron chi connectivity index (χ1n) is 9.78. The summed E-state index contributed by atoms with van der Waals surface area (Å²) in [6, 6.07) is 6.22. The van der Waals surface area contributed by atoms with E-state index in [1.54, 1.807) is 0 Å². The van der Waals surface area contributed by atoms with Crippen molar-refractivity contribution in [1.82, 2.24) is 4.98 Å². The highest BCUT2D eigenvalue weighted by Gasteiger charge is 2.52. The Morgan fingerprint density at radius 1 is 1.31 bits per heavy atom. The third-order valence-electron chi connectivity index (χ3n) is 6.47. The first-order chi connectivity index (χ1) is 12.5. The van der Waals surface area contributed by atoms with E-state index in [9.17, 15) is 10.1 Å². The third kappa shape index (κ3) is 3.13. The molecule has 4 nitrogen and oxygen atoms in total. The molecule has 4 bridgehead atoms. The molecule has 1 aromatic rings. The zero-order chi connectivity index (χ0) is 18.3. The maximum atomic E-state index is 12.0. The molecule has 0 radical (unpaired) electrons. The molecule has 1 aromatic heterocycles. The van der Waals surface area contributed by atoms with E-state index in [-0.39, 0.29) is 16.6 Å². The molecule has 4 saturated carbocycles. The average Bonchev–Trinajstić information content (AvgIpc) is 2.60. The molecule has 0 aliphatic heterocycles. The Balaban J connectivity index is 1.62. The second-order valence-electron chi connectivity index (χ2n) is 8.37. The molecule has 5 rings (SSSR count). The number of ether oxygens (including phenoxy) is 1. The number of nitriles is 1. The van der Waals surface area contributed by atoms with Crippen molar-refractivity contribution < 1.29 is 9.53 Å². The number of carbonyl (C=O) groups excluding carboxylic acids is 1. The molecular formula is C21H26N2O2S. The summed E-state index contributed by atoms with van der Waals surface area (Å²) in [5, 5.41) is 9.80. The number of carbonyl (C=O) groups is 1. The lowest BCUT2D eigenvalue weighted by atomic mass is 9.49. The van der Waals surface area contributed by atoms with E-state index in [0.717, 1.165) is 23.4 Å². The molecule has 0 spiro atoms. The molecule has 0 N–H and O–H groups in total. The Kier molecular flexibility index (Phi) is 4.73. The summed E-state index contributed by atoms with van der Waals surface area (Å²) in [6.07, 6.45) is 7.94. The Labute approximate surface area is 159 Å². The smallest absolute Gasteiger partial charge is 0.319 e. The number of nitrogens with zero attached hydrogens (tertiary/aromatic N) is 2. The minimum absolute atomic E-state index is 0.200. The Morgan fingerprint density at radius 3 is 2.46 bits per heavy atom. The highest BCUT2D eigenvalue weighted by molar-refractivity contribution is 8.00. The second kappa shape index (κ2) is 6.88. The van der Waals surface area contributed by atoms with Crippen LogP contribution in [-0.2, 0) is 14.9 Å². The maximum Gasteiger partial charge on any atom is 0.319 e. The number of rotatable bonds is 5. The summed E-state index contributed by atoms with van der Waals surface area (Å²) >= 11 is 1.35. The first kappa shape index (κ1) is 17.9. The fourth-order valence-corrected chi connectivity index (χ4v) is 6.70. The highest BCUT2D eigenvalue weighted by atomic mass is 32.2. The fourth-order valence-electron chi connectivity index (χ4n) is 5.81. The number of hydrogen-bond acceptors (Lipinski definition) is 5. The van der Waals surface area contributed by atoms with Crippen molar-refractivity contribution in [3.05, 3.63) is 23.4 Å². The molecule has 1 unspecified atom stereocenters. The lowest BCUT2D eigenvalue weighted by Crippen LogP contribution is -2.49. The monoisotopic (exact) mass is 370 g/mol. The van der Waals surface area contributed by atoms with Gasteiger partial charge in [0.05, 0.1) is 12.2 Å². The van der Waals surface area contributed by atoms with Crippen LogP contribution in [0.15, 0.2) is 17.2 Å². The topological polar surface area (TPSA) is 63.0 Å². The Morgan fingerprint density at radius 2 is 1.92 bits per heavy atom. The van der Waals surface area contributed by atoms with Crippen LogP contribution in [0.5, 0.6) is 0 Å². The zero-order valence-corrected chi connectivity index (χ0v) is 16.3. The van der Waals surface area contributed by atoms with Crippen LogP contribution in [-0.4, -0.2) is 22.8 Å². The average molecular weight is 371 g/mol. The van der Waals surface area contributed by atoms with E-state index >= 15 is 0 Å². The summed E-state index contributed by atoms with van der Waals surface area (Å²) in [7, 11) is 0. The molecule has 0 aromatic carbocycles. The van der Waals surface area contributed by atoms with Crippen LogP contribution < -0.4 is 0 Å². The van der Waals surface area contributed by atoms with Crippen LogP contribution in [0.2, 0.25) is 0 Å². The van der Waals surface area contributed by atoms with Gasteiger partial charge in [-0.25, -0.2) is 4.98 Å². The molecule has 138 valence electrons. The minimum atomic E-state index is -0.360. The van der Waals surface area contributed by atoms with Gasteiger partial charge in [0.2, 0.25) is 0 Å².